The zero-order valence-electron chi connectivity index (χ0n) is 11.9. The van der Waals surface area contributed by atoms with Gasteiger partial charge in [0.25, 0.3) is 5.91 Å². The van der Waals surface area contributed by atoms with Gasteiger partial charge in [-0.2, -0.15) is 4.31 Å². The topological polar surface area (TPSA) is 73.5 Å². The van der Waals surface area contributed by atoms with Crippen LogP contribution in [0.4, 0.5) is 0 Å². The first-order valence-corrected chi connectivity index (χ1v) is 8.42. The van der Waals surface area contributed by atoms with Crippen LogP contribution in [0.25, 0.3) is 0 Å². The Bertz CT molecular complexity index is 569. The molecule has 1 aromatic heterocycles. The van der Waals surface area contributed by atoms with Crippen molar-refractivity contribution in [3.05, 3.63) is 18.0 Å². The molecule has 1 N–H and O–H groups in total. The number of H-pyrrole nitrogens is 1. The van der Waals surface area contributed by atoms with E-state index < -0.39 is 10.0 Å². The molecule has 20 heavy (non-hydrogen) atoms. The number of aromatic nitrogens is 1. The highest BCUT2D eigenvalue weighted by molar-refractivity contribution is 7.89. The summed E-state index contributed by atoms with van der Waals surface area (Å²) in [5.41, 5.74) is 0.345. The molecule has 6 nitrogen and oxygen atoms in total. The van der Waals surface area contributed by atoms with Gasteiger partial charge in [-0.3, -0.25) is 4.79 Å². The van der Waals surface area contributed by atoms with Crippen molar-refractivity contribution in [3.8, 4) is 0 Å². The van der Waals surface area contributed by atoms with Crippen LogP contribution in [0.1, 0.15) is 37.2 Å². The van der Waals surface area contributed by atoms with E-state index in [0.717, 1.165) is 25.9 Å². The van der Waals surface area contributed by atoms with Crippen molar-refractivity contribution in [1.82, 2.24) is 14.2 Å². The second-order valence-corrected chi connectivity index (χ2v) is 6.78. The van der Waals surface area contributed by atoms with Crippen LogP contribution in [0.15, 0.2) is 17.2 Å². The van der Waals surface area contributed by atoms with Gasteiger partial charge in [0.1, 0.15) is 10.6 Å². The highest BCUT2D eigenvalue weighted by Crippen LogP contribution is 2.19. The summed E-state index contributed by atoms with van der Waals surface area (Å²) in [6.45, 7) is 5.92. The minimum atomic E-state index is -3.51. The molecule has 0 atom stereocenters. The third kappa shape index (κ3) is 2.73. The lowest BCUT2D eigenvalue weighted by atomic mass is 10.4. The lowest BCUT2D eigenvalue weighted by molar-refractivity contribution is 0.0787. The quantitative estimate of drug-likeness (QED) is 0.890. The van der Waals surface area contributed by atoms with E-state index in [4.69, 9.17) is 0 Å². The number of amides is 1. The molecule has 1 amide bonds. The molecular weight excluding hydrogens is 278 g/mol. The van der Waals surface area contributed by atoms with Gasteiger partial charge in [-0.05, 0) is 18.9 Å². The van der Waals surface area contributed by atoms with E-state index in [9.17, 15) is 13.2 Å². The van der Waals surface area contributed by atoms with E-state index in [0.29, 0.717) is 18.8 Å². The summed E-state index contributed by atoms with van der Waals surface area (Å²) in [7, 11) is -3.51. The fourth-order valence-corrected chi connectivity index (χ4v) is 3.90. The Kier molecular flexibility index (Phi) is 4.49. The van der Waals surface area contributed by atoms with Crippen LogP contribution >= 0.6 is 0 Å². The minimum absolute atomic E-state index is 0.122. The van der Waals surface area contributed by atoms with Crippen LogP contribution in [0, 0.1) is 0 Å². The maximum Gasteiger partial charge on any atom is 0.270 e. The van der Waals surface area contributed by atoms with Crippen molar-refractivity contribution in [2.75, 3.05) is 26.2 Å². The predicted molar refractivity (Wildman–Crippen MR) is 76.0 cm³/mol. The van der Waals surface area contributed by atoms with Crippen LogP contribution < -0.4 is 0 Å². The fourth-order valence-electron chi connectivity index (χ4n) is 2.45. The molecule has 0 aliphatic carbocycles. The number of nitrogens with one attached hydrogen (secondary N) is 1. The second kappa shape index (κ2) is 5.97. The van der Waals surface area contributed by atoms with Crippen molar-refractivity contribution in [3.63, 3.8) is 0 Å². The number of carbonyl (C=O) groups is 1. The lowest BCUT2D eigenvalue weighted by Gasteiger charge is -2.17. The Balaban J connectivity index is 2.22. The van der Waals surface area contributed by atoms with Crippen molar-refractivity contribution in [1.29, 1.82) is 0 Å². The second-order valence-electron chi connectivity index (χ2n) is 4.84. The van der Waals surface area contributed by atoms with Crippen LogP contribution in [0.3, 0.4) is 0 Å². The van der Waals surface area contributed by atoms with E-state index in [1.807, 2.05) is 0 Å². The Morgan fingerprint density at radius 1 is 1.30 bits per heavy atom. The van der Waals surface area contributed by atoms with Gasteiger partial charge in [-0.25, -0.2) is 8.42 Å². The molecule has 1 aliphatic heterocycles. The maximum absolute atomic E-state index is 12.3. The number of aromatic amines is 1. The molecule has 2 heterocycles. The van der Waals surface area contributed by atoms with Crippen molar-refractivity contribution in [2.24, 2.45) is 0 Å². The van der Waals surface area contributed by atoms with Crippen molar-refractivity contribution in [2.45, 2.75) is 31.6 Å². The molecule has 1 aliphatic rings. The molecule has 0 unspecified atom stereocenters. The molecule has 112 valence electrons. The number of hydrogen-bond acceptors (Lipinski definition) is 3. The third-order valence-electron chi connectivity index (χ3n) is 3.62. The summed E-state index contributed by atoms with van der Waals surface area (Å²) in [4.78, 5) is 16.9. The maximum atomic E-state index is 12.3. The van der Waals surface area contributed by atoms with Crippen LogP contribution in [0.5, 0.6) is 0 Å². The molecule has 2 rings (SSSR count). The largest absolute Gasteiger partial charge is 0.356 e. The van der Waals surface area contributed by atoms with Crippen LogP contribution in [-0.2, 0) is 10.0 Å². The summed E-state index contributed by atoms with van der Waals surface area (Å²) in [6.07, 6.45) is 3.42. The van der Waals surface area contributed by atoms with E-state index >= 15 is 0 Å². The van der Waals surface area contributed by atoms with E-state index in [1.165, 1.54) is 16.6 Å². The molecule has 1 saturated heterocycles. The number of hydrogen-bond donors (Lipinski definition) is 1. The van der Waals surface area contributed by atoms with Gasteiger partial charge < -0.3 is 9.88 Å². The van der Waals surface area contributed by atoms with Crippen LogP contribution in [-0.4, -0.2) is 54.7 Å². The van der Waals surface area contributed by atoms with E-state index in [2.05, 4.69) is 4.98 Å². The van der Waals surface area contributed by atoms with Crippen LogP contribution in [0.2, 0.25) is 0 Å². The number of sulfonamides is 1. The molecule has 0 radical (unpaired) electrons. The molecule has 1 aromatic rings. The Morgan fingerprint density at radius 2 is 1.90 bits per heavy atom. The summed E-state index contributed by atoms with van der Waals surface area (Å²) in [5, 5.41) is 0. The monoisotopic (exact) mass is 299 g/mol. The first-order valence-electron chi connectivity index (χ1n) is 6.98. The summed E-state index contributed by atoms with van der Waals surface area (Å²) in [5.74, 6) is -0.122. The number of rotatable bonds is 5. The van der Waals surface area contributed by atoms with Crippen molar-refractivity contribution < 1.29 is 13.2 Å². The molecule has 1 fully saturated rings. The Hall–Kier alpha value is -1.34. The number of carbonyl (C=O) groups excluding carboxylic acids is 1. The van der Waals surface area contributed by atoms with Gasteiger partial charge in [0.05, 0.1) is 0 Å². The Labute approximate surface area is 119 Å². The van der Waals surface area contributed by atoms with Gasteiger partial charge >= 0.3 is 0 Å². The highest BCUT2D eigenvalue weighted by Gasteiger charge is 2.26. The summed E-state index contributed by atoms with van der Waals surface area (Å²) in [6, 6.07) is 1.44. The first kappa shape index (κ1) is 15.1. The van der Waals surface area contributed by atoms with Gasteiger partial charge in [0, 0.05) is 32.4 Å². The summed E-state index contributed by atoms with van der Waals surface area (Å²) < 4.78 is 26.0. The van der Waals surface area contributed by atoms with E-state index in [1.54, 1.807) is 18.7 Å². The average molecular weight is 299 g/mol. The number of likely N-dealkylation sites (tertiary alicyclic amines) is 1. The van der Waals surface area contributed by atoms with Gasteiger partial charge in [-0.1, -0.05) is 13.8 Å². The van der Waals surface area contributed by atoms with Gasteiger partial charge in [-0.15, -0.1) is 0 Å². The molecule has 0 aromatic carbocycles. The smallest absolute Gasteiger partial charge is 0.270 e. The molecule has 0 bridgehead atoms. The lowest BCUT2D eigenvalue weighted by Crippen LogP contribution is -2.30. The standard InChI is InChI=1S/C13H21N3O3S/c1-3-16(4-2)20(18,19)11-9-12(14-10-11)13(17)15-7-5-6-8-15/h9-10,14H,3-8H2,1-2H3. The molecular formula is C13H21N3O3S. The zero-order valence-corrected chi connectivity index (χ0v) is 12.7. The fraction of sp³-hybridized carbons (Fsp3) is 0.615. The zero-order chi connectivity index (χ0) is 14.8. The summed E-state index contributed by atoms with van der Waals surface area (Å²) >= 11 is 0. The highest BCUT2D eigenvalue weighted by atomic mass is 32.2. The SMILES string of the molecule is CCN(CC)S(=O)(=O)c1c[nH]c(C(=O)N2CCCC2)c1. The number of nitrogens with zero attached hydrogens (tertiary/aromatic N) is 2. The first-order chi connectivity index (χ1) is 9.50. The van der Waals surface area contributed by atoms with Gasteiger partial charge in [0.2, 0.25) is 10.0 Å². The van der Waals surface area contributed by atoms with Crippen molar-refractivity contribution >= 4 is 15.9 Å². The predicted octanol–water partition coefficient (Wildman–Crippen LogP) is 1.28. The normalized spacial score (nSPS) is 16.1. The molecule has 7 heteroatoms. The molecule has 0 saturated carbocycles. The van der Waals surface area contributed by atoms with E-state index in [-0.39, 0.29) is 10.8 Å². The minimum Gasteiger partial charge on any atom is -0.356 e. The average Bonchev–Trinajstić information content (AvgIpc) is 3.11. The van der Waals surface area contributed by atoms with Gasteiger partial charge in [0.15, 0.2) is 0 Å². The molecule has 0 spiro atoms. The third-order valence-corrected chi connectivity index (χ3v) is 5.65. The Morgan fingerprint density at radius 3 is 2.45 bits per heavy atom.